The van der Waals surface area contributed by atoms with Gasteiger partial charge in [-0.15, -0.1) is 0 Å². The number of aliphatic hydroxyl groups is 2. The van der Waals surface area contributed by atoms with Crippen molar-refractivity contribution in [1.82, 2.24) is 31.1 Å². The Bertz CT molecular complexity index is 1420. The SMILES string of the molecule is C=C1NC2[C@H](CN3C(=O)CCC3=O)N=C(NC(=O)OCC(Cl)(Cl)Cl)N3CC(NC(=O)c4cccc(C(C)C)c4)C(O)(O)C23N1. The molecule has 4 aliphatic heterocycles. The van der Waals surface area contributed by atoms with Gasteiger partial charge in [0, 0.05) is 24.9 Å². The zero-order chi connectivity index (χ0) is 32.2. The normalized spacial score (nSPS) is 27.4. The van der Waals surface area contributed by atoms with Gasteiger partial charge < -0.3 is 35.8 Å². The van der Waals surface area contributed by atoms with E-state index < -0.39 is 63.8 Å². The highest BCUT2D eigenvalue weighted by molar-refractivity contribution is 6.67. The Morgan fingerprint density at radius 1 is 1.23 bits per heavy atom. The van der Waals surface area contributed by atoms with E-state index in [0.717, 1.165) is 10.5 Å². The van der Waals surface area contributed by atoms with Crippen LogP contribution in [0.5, 0.6) is 0 Å². The molecule has 17 heteroatoms. The van der Waals surface area contributed by atoms with Crippen LogP contribution >= 0.6 is 34.8 Å². The molecule has 0 bridgehead atoms. The number of hydrogen-bond donors (Lipinski definition) is 6. The lowest BCUT2D eigenvalue weighted by Gasteiger charge is -2.49. The molecule has 0 aromatic heterocycles. The number of hydrogen-bond acceptors (Lipinski definition) is 11. The van der Waals surface area contributed by atoms with Crippen LogP contribution in [0.3, 0.4) is 0 Å². The largest absolute Gasteiger partial charge is 0.445 e. The lowest BCUT2D eigenvalue weighted by Crippen LogP contribution is -2.78. The number of carbonyl (C=O) groups is 4. The van der Waals surface area contributed by atoms with Gasteiger partial charge in [-0.25, -0.2) is 9.79 Å². The number of nitrogens with zero attached hydrogens (tertiary/aromatic N) is 3. The number of rotatable bonds is 6. The lowest BCUT2D eigenvalue weighted by molar-refractivity contribution is -0.231. The highest BCUT2D eigenvalue weighted by Gasteiger charge is 2.74. The number of guanidine groups is 1. The van der Waals surface area contributed by atoms with Crippen LogP contribution < -0.4 is 21.3 Å². The standard InChI is InChI=1S/C27H32Cl3N7O7/c1-13(2)15-5-4-6-16(9-15)22(40)33-18-11-37-23(34-24(41)44-12-25(28,29)30)32-17(10-36-19(38)7-8-20(36)39)21-26(37,27(18,42)43)35-14(3)31-21/h4-6,9,13,17-18,21,31,35,42-43H,3,7-8,10-12H2,1-2H3,(H,33,40)(H,32,34,41)/t17-,18?,21?,26?/m0/s1. The summed E-state index contributed by atoms with van der Waals surface area (Å²) in [5.41, 5.74) is -0.685. The van der Waals surface area contributed by atoms with Gasteiger partial charge in [0.1, 0.15) is 12.6 Å². The molecule has 4 atom stereocenters. The van der Waals surface area contributed by atoms with Crippen molar-refractivity contribution in [1.29, 1.82) is 0 Å². The zero-order valence-electron chi connectivity index (χ0n) is 23.8. The lowest BCUT2D eigenvalue weighted by atomic mass is 9.85. The molecule has 3 unspecified atom stereocenters. The van der Waals surface area contributed by atoms with Crippen molar-refractivity contribution in [2.45, 2.75) is 66.0 Å². The second-order valence-electron chi connectivity index (χ2n) is 11.4. The third-order valence-electron chi connectivity index (χ3n) is 8.11. The minimum atomic E-state index is -2.74. The predicted octanol–water partition coefficient (Wildman–Crippen LogP) is 0.617. The van der Waals surface area contributed by atoms with Crippen LogP contribution in [0.1, 0.15) is 48.5 Å². The molecule has 1 aromatic rings. The number of ether oxygens (including phenoxy) is 1. The highest BCUT2D eigenvalue weighted by atomic mass is 35.6. The Morgan fingerprint density at radius 3 is 2.55 bits per heavy atom. The maximum Gasteiger partial charge on any atom is 0.414 e. The van der Waals surface area contributed by atoms with E-state index >= 15 is 0 Å². The molecule has 4 heterocycles. The van der Waals surface area contributed by atoms with Gasteiger partial charge in [0.25, 0.3) is 5.91 Å². The van der Waals surface area contributed by atoms with Gasteiger partial charge in [-0.05, 0) is 23.6 Å². The van der Waals surface area contributed by atoms with E-state index in [9.17, 15) is 29.4 Å². The van der Waals surface area contributed by atoms with E-state index in [4.69, 9.17) is 39.5 Å². The van der Waals surface area contributed by atoms with Gasteiger partial charge in [-0.2, -0.15) is 0 Å². The molecule has 4 aliphatic rings. The molecule has 14 nitrogen and oxygen atoms in total. The smallest absolute Gasteiger partial charge is 0.414 e. The Kier molecular flexibility index (Phi) is 8.44. The van der Waals surface area contributed by atoms with E-state index in [1.807, 2.05) is 19.9 Å². The summed E-state index contributed by atoms with van der Waals surface area (Å²) in [5, 5.41) is 34.9. The van der Waals surface area contributed by atoms with Crippen molar-refractivity contribution in [3.63, 3.8) is 0 Å². The Balaban J connectivity index is 1.50. The summed E-state index contributed by atoms with van der Waals surface area (Å²) >= 11 is 17.1. The molecule has 1 aromatic carbocycles. The van der Waals surface area contributed by atoms with E-state index in [-0.39, 0.29) is 43.6 Å². The number of carbonyl (C=O) groups excluding carboxylic acids is 4. The van der Waals surface area contributed by atoms with Crippen LogP contribution in [0.15, 0.2) is 41.7 Å². The first-order valence-corrected chi connectivity index (χ1v) is 14.9. The van der Waals surface area contributed by atoms with Crippen molar-refractivity contribution >= 4 is 64.6 Å². The Hall–Kier alpha value is -3.30. The topological polar surface area (TPSA) is 185 Å². The minimum Gasteiger partial charge on any atom is -0.445 e. The second-order valence-corrected chi connectivity index (χ2v) is 13.9. The number of amides is 4. The molecule has 6 N–H and O–H groups in total. The molecule has 1 spiro atoms. The quantitative estimate of drug-likeness (QED) is 0.142. The third-order valence-corrected chi connectivity index (χ3v) is 8.44. The van der Waals surface area contributed by atoms with Crippen molar-refractivity contribution in [2.24, 2.45) is 4.99 Å². The van der Waals surface area contributed by atoms with Gasteiger partial charge in [0.15, 0.2) is 5.66 Å². The summed E-state index contributed by atoms with van der Waals surface area (Å²) in [6, 6.07) is 3.55. The van der Waals surface area contributed by atoms with Gasteiger partial charge in [0.05, 0.1) is 24.4 Å². The van der Waals surface area contributed by atoms with Crippen LogP contribution in [0.25, 0.3) is 0 Å². The van der Waals surface area contributed by atoms with E-state index in [1.165, 1.54) is 4.90 Å². The van der Waals surface area contributed by atoms with Gasteiger partial charge >= 0.3 is 6.09 Å². The predicted molar refractivity (Wildman–Crippen MR) is 160 cm³/mol. The molecular weight excluding hydrogens is 641 g/mol. The average molecular weight is 673 g/mol. The van der Waals surface area contributed by atoms with E-state index in [0.29, 0.717) is 5.56 Å². The average Bonchev–Trinajstić information content (AvgIpc) is 3.54. The van der Waals surface area contributed by atoms with Gasteiger partial charge in [-0.3, -0.25) is 24.6 Å². The maximum absolute atomic E-state index is 13.4. The van der Waals surface area contributed by atoms with Crippen LogP contribution in [-0.4, -0.2) is 103 Å². The van der Waals surface area contributed by atoms with Crippen LogP contribution in [0, 0.1) is 0 Å². The number of imide groups is 1. The molecule has 238 valence electrons. The summed E-state index contributed by atoms with van der Waals surface area (Å²) in [7, 11) is 0. The molecule has 0 saturated carbocycles. The van der Waals surface area contributed by atoms with E-state index in [1.54, 1.807) is 18.2 Å². The van der Waals surface area contributed by atoms with Crippen molar-refractivity contribution < 1.29 is 34.1 Å². The van der Waals surface area contributed by atoms with Crippen LogP contribution in [0.2, 0.25) is 0 Å². The van der Waals surface area contributed by atoms with Gasteiger partial charge in [-0.1, -0.05) is 67.4 Å². The van der Waals surface area contributed by atoms with Crippen molar-refractivity contribution in [3.8, 4) is 0 Å². The summed E-state index contributed by atoms with van der Waals surface area (Å²) in [4.78, 5) is 58.1. The summed E-state index contributed by atoms with van der Waals surface area (Å²) < 4.78 is 3.09. The molecule has 0 aliphatic carbocycles. The first-order valence-electron chi connectivity index (χ1n) is 13.8. The summed E-state index contributed by atoms with van der Waals surface area (Å²) in [5.74, 6) is -4.03. The molecule has 4 amide bonds. The summed E-state index contributed by atoms with van der Waals surface area (Å²) in [6.45, 7) is 6.72. The van der Waals surface area contributed by atoms with Crippen LogP contribution in [-0.2, 0) is 14.3 Å². The number of aliphatic imine (C=N–C) groups is 1. The molecule has 5 rings (SSSR count). The first-order chi connectivity index (χ1) is 20.5. The third kappa shape index (κ3) is 5.76. The zero-order valence-corrected chi connectivity index (χ0v) is 26.0. The van der Waals surface area contributed by atoms with E-state index in [2.05, 4.69) is 32.8 Å². The number of alkyl carbamates (subject to hydrolysis) is 1. The van der Waals surface area contributed by atoms with Crippen LogP contribution in [0.4, 0.5) is 4.79 Å². The Morgan fingerprint density at radius 2 is 1.91 bits per heavy atom. The van der Waals surface area contributed by atoms with Crippen molar-refractivity contribution in [3.05, 3.63) is 47.8 Å². The summed E-state index contributed by atoms with van der Waals surface area (Å²) in [6.07, 6.45) is -1.03. The fraction of sp³-hybridized carbons (Fsp3) is 0.519. The first kappa shape index (κ1) is 32.1. The van der Waals surface area contributed by atoms with Crippen molar-refractivity contribution in [2.75, 3.05) is 19.7 Å². The fourth-order valence-electron chi connectivity index (χ4n) is 6.00. The fourth-order valence-corrected chi connectivity index (χ4v) is 6.16. The number of benzene rings is 1. The maximum atomic E-state index is 13.4. The monoisotopic (exact) mass is 671 g/mol. The molecule has 3 saturated heterocycles. The minimum absolute atomic E-state index is 0.0279. The molecule has 44 heavy (non-hydrogen) atoms. The molecule has 3 fully saturated rings. The number of alkyl halides is 3. The number of halogens is 3. The number of nitrogens with one attached hydrogen (secondary N) is 4. The molecule has 0 radical (unpaired) electrons. The Labute approximate surface area is 267 Å². The second kappa shape index (κ2) is 11.6. The molecular formula is C27H32Cl3N7O7. The number of likely N-dealkylation sites (tertiary alicyclic amines) is 1. The van der Waals surface area contributed by atoms with Gasteiger partial charge in [0.2, 0.25) is 27.4 Å². The highest BCUT2D eigenvalue weighted by Crippen LogP contribution is 2.45.